The van der Waals surface area contributed by atoms with E-state index >= 15 is 0 Å². The van der Waals surface area contributed by atoms with Gasteiger partial charge in [0.05, 0.1) is 68.0 Å². The van der Waals surface area contributed by atoms with Gasteiger partial charge in [0.15, 0.2) is 6.54 Å². The summed E-state index contributed by atoms with van der Waals surface area (Å²) < 4.78 is 32.1. The van der Waals surface area contributed by atoms with E-state index in [0.29, 0.717) is 48.5 Å². The van der Waals surface area contributed by atoms with E-state index in [9.17, 15) is 42.5 Å². The topological polar surface area (TPSA) is 220 Å². The second kappa shape index (κ2) is 15.4. The molecule has 0 spiro atoms. The molecule has 5 rings (SSSR count). The van der Waals surface area contributed by atoms with Gasteiger partial charge in [-0.1, -0.05) is 6.92 Å². The number of halogens is 1. The van der Waals surface area contributed by atoms with Crippen molar-refractivity contribution < 1.29 is 70.5 Å². The normalized spacial score (nSPS) is 26.5. The number of nitrogens with one attached hydrogen (secondary N) is 1. The number of non-ortho nitro benzene ring substituents is 1. The van der Waals surface area contributed by atoms with Gasteiger partial charge < -0.3 is 48.7 Å². The van der Waals surface area contributed by atoms with Crippen molar-refractivity contribution in [1.29, 1.82) is 0 Å². The van der Waals surface area contributed by atoms with Crippen LogP contribution in [-0.2, 0) is 33.9 Å². The Morgan fingerprint density at radius 3 is 2.31 bits per heavy atom. The molecule has 280 valence electrons. The van der Waals surface area contributed by atoms with Gasteiger partial charge in [-0.05, 0) is 32.5 Å². The number of β-lactam (4-membered cyclic amide) rings is 1. The largest absolute Gasteiger partial charge is 1.00 e. The molecule has 4 aliphatic rings. The number of carbonyl (C=O) groups excluding carboxylic acids is 5. The number of likely N-dealkylation sites (tertiary alicyclic amines) is 1. The molecule has 3 fully saturated rings. The predicted octanol–water partition coefficient (Wildman–Crippen LogP) is -3.51. The number of quaternary nitrogens is 1. The minimum absolute atomic E-state index is 0. The van der Waals surface area contributed by atoms with Crippen molar-refractivity contribution in [3.05, 3.63) is 50.5 Å². The summed E-state index contributed by atoms with van der Waals surface area (Å²) in [6, 6.07) is 2.71. The van der Waals surface area contributed by atoms with E-state index in [4.69, 9.17) is 10.5 Å². The van der Waals surface area contributed by atoms with E-state index in [1.165, 1.54) is 16.7 Å². The fourth-order valence-electron chi connectivity index (χ4n) is 7.43. The summed E-state index contributed by atoms with van der Waals surface area (Å²) in [4.78, 5) is 81.3. The fourth-order valence-corrected chi connectivity index (χ4v) is 9.85. The number of nitrogens with zero attached hydrogens (tertiary/aromatic N) is 5. The minimum Gasteiger partial charge on any atom is -1.00 e. The first-order valence-corrected chi connectivity index (χ1v) is 18.9. The lowest BCUT2D eigenvalue weighted by Crippen LogP contribution is -3.00. The van der Waals surface area contributed by atoms with Crippen molar-refractivity contribution >= 4 is 57.1 Å². The highest BCUT2D eigenvalue weighted by atomic mass is 127. The Bertz CT molecular complexity index is 1750. The third-order valence-electron chi connectivity index (χ3n) is 9.98. The zero-order valence-electron chi connectivity index (χ0n) is 28.8. The van der Waals surface area contributed by atoms with Crippen molar-refractivity contribution in [2.24, 2.45) is 17.6 Å². The number of rotatable bonds is 11. The number of amides is 3. The SMILES string of the molecule is C[C@@H](NS(C)(=O)=O)[C@H]1C(=O)N2C(C(=O)OC(=O)c3ccc([N+](=O)[O-])cc3)=C(S[C@H]3C[C@@H](C(=O)N4CC[N+](C)(CC(N)=O)CC4)N(C)C3)[C@H](C)[C@H]12.[I-]. The van der Waals surface area contributed by atoms with Gasteiger partial charge in [-0.25, -0.2) is 22.7 Å². The first-order chi connectivity index (χ1) is 23.3. The van der Waals surface area contributed by atoms with Crippen LogP contribution in [0.4, 0.5) is 5.69 Å². The molecular formula is C31H42IN7O10S2. The first kappa shape index (κ1) is 40.6. The van der Waals surface area contributed by atoms with E-state index in [1.807, 2.05) is 25.9 Å². The molecule has 3 N–H and O–H groups in total. The Morgan fingerprint density at radius 2 is 1.76 bits per heavy atom. The molecule has 3 saturated heterocycles. The third-order valence-corrected chi connectivity index (χ3v) is 12.3. The molecule has 6 atom stereocenters. The van der Waals surface area contributed by atoms with Gasteiger partial charge in [0, 0.05) is 40.8 Å². The lowest BCUT2D eigenvalue weighted by molar-refractivity contribution is -0.905. The number of hydrogen-bond acceptors (Lipinski definition) is 12. The summed E-state index contributed by atoms with van der Waals surface area (Å²) in [5.74, 6) is -4.30. The average molecular weight is 864 g/mol. The van der Waals surface area contributed by atoms with E-state index in [0.717, 1.165) is 30.5 Å². The molecule has 4 heterocycles. The lowest BCUT2D eigenvalue weighted by Gasteiger charge is -2.47. The van der Waals surface area contributed by atoms with Crippen LogP contribution >= 0.6 is 11.8 Å². The Labute approximate surface area is 317 Å². The number of benzene rings is 1. The summed E-state index contributed by atoms with van der Waals surface area (Å²) in [6.45, 7) is 6.23. The number of sulfonamides is 1. The quantitative estimate of drug-likeness (QED) is 0.0421. The number of nitro groups is 1. The van der Waals surface area contributed by atoms with Gasteiger partial charge in [-0.2, -0.15) is 0 Å². The number of piperazine rings is 1. The van der Waals surface area contributed by atoms with Gasteiger partial charge >= 0.3 is 11.9 Å². The maximum Gasteiger partial charge on any atom is 0.363 e. The summed E-state index contributed by atoms with van der Waals surface area (Å²) in [5, 5.41) is 10.8. The van der Waals surface area contributed by atoms with Crippen molar-refractivity contribution in [2.75, 3.05) is 59.6 Å². The fraction of sp³-hybridized carbons (Fsp3) is 0.581. The van der Waals surface area contributed by atoms with Gasteiger partial charge in [0.25, 0.3) is 11.6 Å². The second-order valence-corrected chi connectivity index (χ2v) is 17.0. The Morgan fingerprint density at radius 1 is 1.16 bits per heavy atom. The zero-order valence-corrected chi connectivity index (χ0v) is 32.6. The standard InChI is InChI=1S/C31H41N7O10S2.HI/c1-17-25-24(18(2)33-50(5,46)47)29(41)36(25)26(31(43)48-30(42)19-6-8-20(9-7-19)37(44)45)27(17)49-21-14-22(34(3)15-21)28(40)35-10-12-38(4,13-11-35)16-23(32)39;/h6-9,17-18,21-22,24-25,33H,10-16H2,1-5H3,(H-,32,39);1H/t17-,18-,21+,22+,24-,25-;/m1./s1. The smallest absolute Gasteiger partial charge is 0.363 e. The lowest BCUT2D eigenvalue weighted by atomic mass is 9.78. The number of ether oxygens (including phenoxy) is 1. The van der Waals surface area contributed by atoms with Crippen LogP contribution in [0.3, 0.4) is 0 Å². The number of nitro benzene ring substituents is 1. The highest BCUT2D eigenvalue weighted by molar-refractivity contribution is 8.03. The predicted molar refractivity (Wildman–Crippen MR) is 180 cm³/mol. The Balaban J connectivity index is 0.00000583. The summed E-state index contributed by atoms with van der Waals surface area (Å²) in [7, 11) is 0.130. The summed E-state index contributed by atoms with van der Waals surface area (Å²) in [6.07, 6.45) is 1.43. The maximum absolute atomic E-state index is 13.7. The molecule has 20 heteroatoms. The maximum atomic E-state index is 13.7. The van der Waals surface area contributed by atoms with Gasteiger partial charge in [-0.3, -0.25) is 29.4 Å². The zero-order chi connectivity index (χ0) is 36.9. The number of nitrogens with two attached hydrogens (primary N) is 1. The molecule has 0 saturated carbocycles. The number of fused-ring (bicyclic) bond motifs is 1. The number of thioether (sulfide) groups is 1. The van der Waals surface area contributed by atoms with Crippen LogP contribution < -0.4 is 34.4 Å². The van der Waals surface area contributed by atoms with Crippen molar-refractivity contribution in [3.63, 3.8) is 0 Å². The molecule has 0 unspecified atom stereocenters. The highest BCUT2D eigenvalue weighted by Gasteiger charge is 2.61. The van der Waals surface area contributed by atoms with E-state index in [-0.39, 0.29) is 58.6 Å². The van der Waals surface area contributed by atoms with Crippen LogP contribution in [0, 0.1) is 22.0 Å². The number of carbonyl (C=O) groups is 5. The van der Waals surface area contributed by atoms with Crippen LogP contribution in [0.5, 0.6) is 0 Å². The number of primary amides is 1. The molecule has 4 aliphatic heterocycles. The Kier molecular flexibility index (Phi) is 12.3. The van der Waals surface area contributed by atoms with Crippen LogP contribution in [-0.4, -0.2) is 145 Å². The number of likely N-dealkylation sites (N-methyl/N-ethyl adjacent to an activating group) is 2. The first-order valence-electron chi connectivity index (χ1n) is 16.1. The molecule has 1 aromatic carbocycles. The van der Waals surface area contributed by atoms with Crippen LogP contribution in [0.2, 0.25) is 0 Å². The molecule has 51 heavy (non-hydrogen) atoms. The summed E-state index contributed by atoms with van der Waals surface area (Å²) >= 11 is 1.34. The molecule has 0 radical (unpaired) electrons. The molecule has 0 aromatic heterocycles. The van der Waals surface area contributed by atoms with Gasteiger partial charge in [0.1, 0.15) is 5.70 Å². The average Bonchev–Trinajstić information content (AvgIpc) is 3.50. The number of hydrogen-bond donors (Lipinski definition) is 2. The molecular weight excluding hydrogens is 821 g/mol. The number of esters is 2. The monoisotopic (exact) mass is 863 g/mol. The van der Waals surface area contributed by atoms with Crippen LogP contribution in [0.15, 0.2) is 34.9 Å². The van der Waals surface area contributed by atoms with E-state index in [2.05, 4.69) is 4.72 Å². The summed E-state index contributed by atoms with van der Waals surface area (Å²) in [5.41, 5.74) is 4.94. The highest BCUT2D eigenvalue weighted by Crippen LogP contribution is 2.52. The van der Waals surface area contributed by atoms with Crippen molar-refractivity contribution in [1.82, 2.24) is 19.4 Å². The molecule has 1 aromatic rings. The Hall–Kier alpha value is -3.18. The van der Waals surface area contributed by atoms with Gasteiger partial charge in [-0.15, -0.1) is 11.8 Å². The van der Waals surface area contributed by atoms with Gasteiger partial charge in [0.2, 0.25) is 21.8 Å². The molecule has 0 aliphatic carbocycles. The molecule has 3 amide bonds. The van der Waals surface area contributed by atoms with E-state index < -0.39 is 68.7 Å². The molecule has 17 nitrogen and oxygen atoms in total. The van der Waals surface area contributed by atoms with Crippen molar-refractivity contribution in [3.8, 4) is 0 Å². The van der Waals surface area contributed by atoms with Crippen LogP contribution in [0.25, 0.3) is 0 Å². The van der Waals surface area contributed by atoms with E-state index in [1.54, 1.807) is 11.8 Å². The van der Waals surface area contributed by atoms with Crippen LogP contribution in [0.1, 0.15) is 30.6 Å². The third kappa shape index (κ3) is 8.56. The van der Waals surface area contributed by atoms with Crippen molar-refractivity contribution in [2.45, 2.75) is 43.6 Å². The minimum atomic E-state index is -3.65. The molecule has 0 bridgehead atoms. The second-order valence-electron chi connectivity index (χ2n) is 13.8.